The third kappa shape index (κ3) is 2.70. The molecule has 2 heterocycles. The summed E-state index contributed by atoms with van der Waals surface area (Å²) in [6, 6.07) is 0.309. The molecule has 0 spiro atoms. The molecule has 0 saturated carbocycles. The van der Waals surface area contributed by atoms with Crippen molar-refractivity contribution in [3.8, 4) is 11.5 Å². The third-order valence-electron chi connectivity index (χ3n) is 2.77. The van der Waals surface area contributed by atoms with Crippen LogP contribution in [0.1, 0.15) is 32.6 Å². The Morgan fingerprint density at radius 2 is 2.29 bits per heavy atom. The molecular formula is C11H16N4OS. The first-order valence-corrected chi connectivity index (χ1v) is 6.62. The number of likely N-dealkylation sites (N-methyl/N-ethyl adjacent to an activating group) is 1. The Balaban J connectivity index is 2.13. The van der Waals surface area contributed by atoms with Crippen LogP contribution in [0, 0.1) is 0 Å². The highest BCUT2D eigenvalue weighted by Crippen LogP contribution is 2.21. The quantitative estimate of drug-likeness (QED) is 0.884. The Morgan fingerprint density at radius 3 is 2.94 bits per heavy atom. The smallest absolute Gasteiger partial charge is 0.231 e. The summed E-state index contributed by atoms with van der Waals surface area (Å²) in [6.45, 7) is 7.20. The van der Waals surface area contributed by atoms with Crippen LogP contribution in [0.4, 0.5) is 0 Å². The van der Waals surface area contributed by atoms with Gasteiger partial charge >= 0.3 is 0 Å². The van der Waals surface area contributed by atoms with E-state index in [1.165, 1.54) is 11.3 Å². The van der Waals surface area contributed by atoms with Crippen molar-refractivity contribution >= 4 is 11.3 Å². The first-order valence-electron chi connectivity index (χ1n) is 5.68. The highest BCUT2D eigenvalue weighted by molar-refractivity contribution is 7.07. The van der Waals surface area contributed by atoms with Crippen LogP contribution in [-0.2, 0) is 0 Å². The predicted octanol–water partition coefficient (Wildman–Crippen LogP) is 2.29. The Morgan fingerprint density at radius 1 is 1.47 bits per heavy atom. The van der Waals surface area contributed by atoms with Crippen molar-refractivity contribution in [1.82, 2.24) is 20.4 Å². The lowest BCUT2D eigenvalue weighted by molar-refractivity contribution is 0.332. The van der Waals surface area contributed by atoms with E-state index in [9.17, 15) is 0 Å². The number of nitrogens with zero attached hydrogens (tertiary/aromatic N) is 3. The molecule has 0 saturated heterocycles. The summed E-state index contributed by atoms with van der Waals surface area (Å²) < 4.78 is 5.28. The van der Waals surface area contributed by atoms with Crippen LogP contribution >= 0.6 is 11.3 Å². The standard InChI is InChI=1S/C11H16N4OS/c1-4-12-8(3)7(2)11-14-10(15-16-11)9-5-17-6-13-9/h5-8,12H,4H2,1-3H3. The third-order valence-corrected chi connectivity index (χ3v) is 3.36. The van der Waals surface area contributed by atoms with Crippen LogP contribution in [0.3, 0.4) is 0 Å². The highest BCUT2D eigenvalue weighted by Gasteiger charge is 2.20. The topological polar surface area (TPSA) is 63.8 Å². The molecule has 2 aromatic heterocycles. The number of thiazole rings is 1. The van der Waals surface area contributed by atoms with Crippen LogP contribution < -0.4 is 5.32 Å². The van der Waals surface area contributed by atoms with E-state index in [0.717, 1.165) is 12.2 Å². The van der Waals surface area contributed by atoms with Crippen molar-refractivity contribution < 1.29 is 4.52 Å². The molecule has 2 atom stereocenters. The second-order valence-corrected chi connectivity index (χ2v) is 4.68. The molecule has 0 fully saturated rings. The molecule has 0 bridgehead atoms. The molecule has 17 heavy (non-hydrogen) atoms. The van der Waals surface area contributed by atoms with Gasteiger partial charge in [-0.15, -0.1) is 11.3 Å². The minimum Gasteiger partial charge on any atom is -0.339 e. The van der Waals surface area contributed by atoms with Crippen molar-refractivity contribution in [2.45, 2.75) is 32.7 Å². The van der Waals surface area contributed by atoms with E-state index in [2.05, 4.69) is 41.2 Å². The second-order valence-electron chi connectivity index (χ2n) is 3.96. The zero-order valence-corrected chi connectivity index (χ0v) is 11.0. The minimum absolute atomic E-state index is 0.190. The van der Waals surface area contributed by atoms with Gasteiger partial charge in [-0.25, -0.2) is 4.98 Å². The van der Waals surface area contributed by atoms with Gasteiger partial charge in [0.25, 0.3) is 0 Å². The Kier molecular flexibility index (Phi) is 3.86. The van der Waals surface area contributed by atoms with Crippen molar-refractivity contribution in [1.29, 1.82) is 0 Å². The largest absolute Gasteiger partial charge is 0.339 e. The van der Waals surface area contributed by atoms with E-state index in [0.29, 0.717) is 17.8 Å². The molecule has 2 unspecified atom stereocenters. The Labute approximate surface area is 104 Å². The maximum atomic E-state index is 5.28. The van der Waals surface area contributed by atoms with E-state index in [-0.39, 0.29) is 5.92 Å². The normalized spacial score (nSPS) is 14.8. The maximum absolute atomic E-state index is 5.28. The lowest BCUT2D eigenvalue weighted by Crippen LogP contribution is -2.30. The summed E-state index contributed by atoms with van der Waals surface area (Å²) >= 11 is 1.52. The molecule has 0 amide bonds. The van der Waals surface area contributed by atoms with Crippen LogP contribution in [0.15, 0.2) is 15.4 Å². The Hall–Kier alpha value is -1.27. The fraction of sp³-hybridized carbons (Fsp3) is 0.545. The monoisotopic (exact) mass is 252 g/mol. The summed E-state index contributed by atoms with van der Waals surface area (Å²) in [5.74, 6) is 1.41. The number of hydrogen-bond acceptors (Lipinski definition) is 6. The van der Waals surface area contributed by atoms with E-state index in [4.69, 9.17) is 4.52 Å². The fourth-order valence-electron chi connectivity index (χ4n) is 1.56. The van der Waals surface area contributed by atoms with Gasteiger partial charge in [-0.05, 0) is 13.5 Å². The average molecular weight is 252 g/mol. The number of nitrogens with one attached hydrogen (secondary N) is 1. The van der Waals surface area contributed by atoms with Crippen molar-refractivity contribution in [3.05, 3.63) is 16.8 Å². The first kappa shape index (κ1) is 12.2. The molecule has 6 heteroatoms. The lowest BCUT2D eigenvalue weighted by Gasteiger charge is -2.16. The molecule has 0 aliphatic heterocycles. The van der Waals surface area contributed by atoms with Crippen molar-refractivity contribution in [3.63, 3.8) is 0 Å². The summed E-state index contributed by atoms with van der Waals surface area (Å²) in [5.41, 5.74) is 2.53. The second kappa shape index (κ2) is 5.37. The summed E-state index contributed by atoms with van der Waals surface area (Å²) in [4.78, 5) is 8.54. The van der Waals surface area contributed by atoms with Gasteiger partial charge in [0.05, 0.1) is 11.4 Å². The Bertz CT molecular complexity index is 454. The number of aromatic nitrogens is 3. The molecule has 92 valence electrons. The molecular weight excluding hydrogens is 236 g/mol. The molecule has 2 aromatic rings. The van der Waals surface area contributed by atoms with Crippen LogP contribution in [0.25, 0.3) is 11.5 Å². The van der Waals surface area contributed by atoms with E-state index < -0.39 is 0 Å². The minimum atomic E-state index is 0.190. The average Bonchev–Trinajstić information content (AvgIpc) is 2.98. The molecule has 1 N–H and O–H groups in total. The van der Waals surface area contributed by atoms with Crippen LogP contribution in [0.5, 0.6) is 0 Å². The summed E-state index contributed by atoms with van der Waals surface area (Å²) in [7, 11) is 0. The van der Waals surface area contributed by atoms with Crippen LogP contribution in [0.2, 0.25) is 0 Å². The van der Waals surface area contributed by atoms with Gasteiger partial charge in [-0.2, -0.15) is 4.98 Å². The lowest BCUT2D eigenvalue weighted by atomic mass is 10.0. The van der Waals surface area contributed by atoms with E-state index in [1.807, 2.05) is 5.38 Å². The molecule has 2 rings (SSSR count). The molecule has 0 aliphatic rings. The summed E-state index contributed by atoms with van der Waals surface area (Å²) in [6.07, 6.45) is 0. The first-order chi connectivity index (χ1) is 8.22. The number of rotatable bonds is 5. The molecule has 5 nitrogen and oxygen atoms in total. The van der Waals surface area contributed by atoms with Crippen LogP contribution in [-0.4, -0.2) is 27.7 Å². The molecule has 0 aromatic carbocycles. The van der Waals surface area contributed by atoms with Gasteiger partial charge in [0.2, 0.25) is 11.7 Å². The fourth-order valence-corrected chi connectivity index (χ4v) is 2.09. The van der Waals surface area contributed by atoms with Crippen molar-refractivity contribution in [2.24, 2.45) is 0 Å². The maximum Gasteiger partial charge on any atom is 0.231 e. The van der Waals surface area contributed by atoms with Gasteiger partial charge in [-0.1, -0.05) is 19.0 Å². The van der Waals surface area contributed by atoms with Gasteiger partial charge in [0.15, 0.2) is 0 Å². The number of hydrogen-bond donors (Lipinski definition) is 1. The van der Waals surface area contributed by atoms with E-state index in [1.54, 1.807) is 5.51 Å². The molecule has 0 aliphatic carbocycles. The van der Waals surface area contributed by atoms with E-state index >= 15 is 0 Å². The van der Waals surface area contributed by atoms with Crippen molar-refractivity contribution in [2.75, 3.05) is 6.54 Å². The highest BCUT2D eigenvalue weighted by atomic mass is 32.1. The SMILES string of the molecule is CCNC(C)C(C)c1nc(-c2cscn2)no1. The summed E-state index contributed by atoms with van der Waals surface area (Å²) in [5, 5.41) is 9.21. The predicted molar refractivity (Wildman–Crippen MR) is 67.0 cm³/mol. The molecule has 0 radical (unpaired) electrons. The van der Waals surface area contributed by atoms with Gasteiger partial charge in [-0.3, -0.25) is 0 Å². The zero-order valence-electron chi connectivity index (χ0n) is 10.2. The van der Waals surface area contributed by atoms with Gasteiger partial charge < -0.3 is 9.84 Å². The van der Waals surface area contributed by atoms with Gasteiger partial charge in [0, 0.05) is 11.4 Å². The zero-order chi connectivity index (χ0) is 12.3. The van der Waals surface area contributed by atoms with Gasteiger partial charge in [0.1, 0.15) is 5.69 Å².